The molecule has 2 aromatic rings. The average Bonchev–Trinajstić information content (AvgIpc) is 3.24. The fraction of sp³-hybridized carbons (Fsp3) is 0.471. The first-order valence-electron chi connectivity index (χ1n) is 7.82. The summed E-state index contributed by atoms with van der Waals surface area (Å²) < 4.78 is 0. The molecule has 0 bridgehead atoms. The Bertz CT molecular complexity index is 654. The lowest BCUT2D eigenvalue weighted by molar-refractivity contribution is 0.316. The van der Waals surface area contributed by atoms with E-state index in [2.05, 4.69) is 27.3 Å². The summed E-state index contributed by atoms with van der Waals surface area (Å²) >= 11 is 6.04. The summed E-state index contributed by atoms with van der Waals surface area (Å²) in [5.74, 6) is 0.765. The number of nitrogens with zero attached hydrogens (tertiary/aromatic N) is 2. The Morgan fingerprint density at radius 1 is 1.24 bits per heavy atom. The number of fused-ring (bicyclic) bond motifs is 1. The van der Waals surface area contributed by atoms with Crippen molar-refractivity contribution in [1.29, 1.82) is 0 Å². The van der Waals surface area contributed by atoms with Gasteiger partial charge in [0.15, 0.2) is 0 Å². The lowest BCUT2D eigenvalue weighted by atomic mass is 10.1. The number of rotatable bonds is 4. The molecule has 0 spiro atoms. The lowest BCUT2D eigenvalue weighted by Crippen LogP contribution is -2.24. The minimum Gasteiger partial charge on any atom is -0.384 e. The quantitative estimate of drug-likeness (QED) is 0.931. The second-order valence-corrected chi connectivity index (χ2v) is 6.72. The van der Waals surface area contributed by atoms with Gasteiger partial charge in [-0.1, -0.05) is 11.6 Å². The highest BCUT2D eigenvalue weighted by Crippen LogP contribution is 2.32. The predicted octanol–water partition coefficient (Wildman–Crippen LogP) is 3.78. The fourth-order valence-electron chi connectivity index (χ4n) is 3.33. The van der Waals surface area contributed by atoms with E-state index in [1.54, 1.807) is 0 Å². The predicted molar refractivity (Wildman–Crippen MR) is 87.9 cm³/mol. The molecule has 0 radical (unpaired) electrons. The van der Waals surface area contributed by atoms with Crippen molar-refractivity contribution in [2.75, 3.05) is 25.0 Å². The van der Waals surface area contributed by atoms with E-state index >= 15 is 0 Å². The molecular weight excluding hydrogens is 282 g/mol. The molecule has 2 aliphatic rings. The molecule has 2 fully saturated rings. The molecule has 1 saturated heterocycles. The summed E-state index contributed by atoms with van der Waals surface area (Å²) in [6.07, 6.45) is 6.00. The molecule has 1 aliphatic carbocycles. The maximum atomic E-state index is 6.04. The molecule has 4 heteroatoms. The van der Waals surface area contributed by atoms with Crippen LogP contribution in [0.2, 0.25) is 5.02 Å². The molecule has 1 N–H and O–H groups in total. The van der Waals surface area contributed by atoms with Gasteiger partial charge < -0.3 is 10.2 Å². The van der Waals surface area contributed by atoms with Gasteiger partial charge >= 0.3 is 0 Å². The van der Waals surface area contributed by atoms with Crippen LogP contribution in [0.1, 0.15) is 19.3 Å². The summed E-state index contributed by atoms with van der Waals surface area (Å²) in [5, 5.41) is 5.51. The number of pyridine rings is 1. The Kier molecular flexibility index (Phi) is 3.48. The van der Waals surface area contributed by atoms with Crippen LogP contribution in [-0.2, 0) is 0 Å². The first-order valence-corrected chi connectivity index (χ1v) is 8.19. The number of benzene rings is 1. The molecule has 1 aromatic heterocycles. The second-order valence-electron chi connectivity index (χ2n) is 6.28. The van der Waals surface area contributed by atoms with Gasteiger partial charge in [-0.3, -0.25) is 4.98 Å². The SMILES string of the molecule is Clc1ccc2c(NCC3CCN(C4CC4)C3)ccnc2c1. The van der Waals surface area contributed by atoms with E-state index in [4.69, 9.17) is 11.6 Å². The third kappa shape index (κ3) is 2.85. The number of hydrogen-bond acceptors (Lipinski definition) is 3. The van der Waals surface area contributed by atoms with Gasteiger partial charge in [0.1, 0.15) is 0 Å². The van der Waals surface area contributed by atoms with Crippen LogP contribution in [0.4, 0.5) is 5.69 Å². The Balaban J connectivity index is 1.45. The van der Waals surface area contributed by atoms with Gasteiger partial charge in [-0.25, -0.2) is 0 Å². The van der Waals surface area contributed by atoms with Crippen LogP contribution in [0, 0.1) is 5.92 Å². The van der Waals surface area contributed by atoms with E-state index < -0.39 is 0 Å². The van der Waals surface area contributed by atoms with Crippen molar-refractivity contribution in [3.05, 3.63) is 35.5 Å². The monoisotopic (exact) mass is 301 g/mol. The topological polar surface area (TPSA) is 28.2 Å². The van der Waals surface area contributed by atoms with Crippen LogP contribution < -0.4 is 5.32 Å². The van der Waals surface area contributed by atoms with Crippen molar-refractivity contribution in [2.24, 2.45) is 5.92 Å². The molecule has 21 heavy (non-hydrogen) atoms. The lowest BCUT2D eigenvalue weighted by Gasteiger charge is -2.16. The molecule has 4 rings (SSSR count). The van der Waals surface area contributed by atoms with Crippen molar-refractivity contribution in [2.45, 2.75) is 25.3 Å². The van der Waals surface area contributed by atoms with E-state index in [1.165, 1.54) is 38.0 Å². The zero-order chi connectivity index (χ0) is 14.2. The van der Waals surface area contributed by atoms with Crippen LogP contribution in [0.25, 0.3) is 10.9 Å². The maximum Gasteiger partial charge on any atom is 0.0737 e. The fourth-order valence-corrected chi connectivity index (χ4v) is 3.50. The molecule has 110 valence electrons. The van der Waals surface area contributed by atoms with E-state index in [1.807, 2.05) is 18.3 Å². The highest BCUT2D eigenvalue weighted by molar-refractivity contribution is 6.31. The summed E-state index contributed by atoms with van der Waals surface area (Å²) in [5.41, 5.74) is 2.13. The highest BCUT2D eigenvalue weighted by Gasteiger charge is 2.34. The van der Waals surface area contributed by atoms with E-state index in [9.17, 15) is 0 Å². The molecule has 3 nitrogen and oxygen atoms in total. The number of anilines is 1. The minimum atomic E-state index is 0.739. The van der Waals surface area contributed by atoms with Gasteiger partial charge in [-0.05, 0) is 56.0 Å². The second kappa shape index (κ2) is 5.47. The Morgan fingerprint density at radius 3 is 3.00 bits per heavy atom. The smallest absolute Gasteiger partial charge is 0.0737 e. The average molecular weight is 302 g/mol. The van der Waals surface area contributed by atoms with Gasteiger partial charge in [0.2, 0.25) is 0 Å². The van der Waals surface area contributed by atoms with Gasteiger partial charge in [-0.15, -0.1) is 0 Å². The first-order chi connectivity index (χ1) is 10.3. The molecular formula is C17H20ClN3. The van der Waals surface area contributed by atoms with Gasteiger partial charge in [-0.2, -0.15) is 0 Å². The van der Waals surface area contributed by atoms with E-state index in [-0.39, 0.29) is 0 Å². The zero-order valence-electron chi connectivity index (χ0n) is 12.1. The molecule has 2 heterocycles. The highest BCUT2D eigenvalue weighted by atomic mass is 35.5. The summed E-state index contributed by atoms with van der Waals surface area (Å²) in [4.78, 5) is 7.06. The number of nitrogens with one attached hydrogen (secondary N) is 1. The number of likely N-dealkylation sites (tertiary alicyclic amines) is 1. The van der Waals surface area contributed by atoms with Crippen molar-refractivity contribution in [1.82, 2.24) is 9.88 Å². The molecule has 1 saturated carbocycles. The van der Waals surface area contributed by atoms with Crippen LogP contribution in [0.5, 0.6) is 0 Å². The van der Waals surface area contributed by atoms with Crippen molar-refractivity contribution < 1.29 is 0 Å². The number of hydrogen-bond donors (Lipinski definition) is 1. The van der Waals surface area contributed by atoms with Crippen LogP contribution in [0.3, 0.4) is 0 Å². The standard InChI is InChI=1S/C17H20ClN3/c18-13-1-4-15-16(5-7-19-17(15)9-13)20-10-12-6-8-21(11-12)14-2-3-14/h1,4-5,7,9,12,14H,2-3,6,8,10-11H2,(H,19,20). The zero-order valence-corrected chi connectivity index (χ0v) is 12.8. The Morgan fingerprint density at radius 2 is 2.14 bits per heavy atom. The molecule has 0 amide bonds. The summed E-state index contributed by atoms with van der Waals surface area (Å²) in [7, 11) is 0. The third-order valence-electron chi connectivity index (χ3n) is 4.67. The van der Waals surface area contributed by atoms with Gasteiger partial charge in [0.25, 0.3) is 0 Å². The van der Waals surface area contributed by atoms with Crippen LogP contribution in [-0.4, -0.2) is 35.6 Å². The maximum absolute atomic E-state index is 6.04. The molecule has 1 atom stereocenters. The van der Waals surface area contributed by atoms with Crippen molar-refractivity contribution in [3.8, 4) is 0 Å². The summed E-state index contributed by atoms with van der Waals surface area (Å²) in [6.45, 7) is 3.58. The van der Waals surface area contributed by atoms with Crippen molar-refractivity contribution >= 4 is 28.2 Å². The van der Waals surface area contributed by atoms with Crippen LogP contribution in [0.15, 0.2) is 30.5 Å². The molecule has 1 unspecified atom stereocenters. The van der Waals surface area contributed by atoms with Gasteiger partial charge in [0, 0.05) is 41.4 Å². The Hall–Kier alpha value is -1.32. The first kappa shape index (κ1) is 13.4. The summed E-state index contributed by atoms with van der Waals surface area (Å²) in [6, 6.07) is 8.87. The Labute approximate surface area is 130 Å². The van der Waals surface area contributed by atoms with E-state index in [0.29, 0.717) is 0 Å². The normalized spacial score (nSPS) is 22.8. The number of aromatic nitrogens is 1. The largest absolute Gasteiger partial charge is 0.384 e. The molecule has 1 aromatic carbocycles. The number of halogens is 1. The minimum absolute atomic E-state index is 0.739. The van der Waals surface area contributed by atoms with Gasteiger partial charge in [0.05, 0.1) is 5.52 Å². The van der Waals surface area contributed by atoms with Crippen LogP contribution >= 0.6 is 11.6 Å². The van der Waals surface area contributed by atoms with Crippen molar-refractivity contribution in [3.63, 3.8) is 0 Å². The third-order valence-corrected chi connectivity index (χ3v) is 4.90. The van der Waals surface area contributed by atoms with E-state index in [0.717, 1.165) is 34.4 Å². The molecule has 1 aliphatic heterocycles.